The van der Waals surface area contributed by atoms with Gasteiger partial charge >= 0.3 is 6.09 Å². The summed E-state index contributed by atoms with van der Waals surface area (Å²) in [5.74, 6) is 0. The minimum atomic E-state index is -3.67. The second-order valence-electron chi connectivity index (χ2n) is 5.85. The zero-order valence-electron chi connectivity index (χ0n) is 13.3. The van der Waals surface area contributed by atoms with Gasteiger partial charge in [-0.25, -0.2) is 17.9 Å². The first-order chi connectivity index (χ1) is 10.0. The first-order valence-electron chi connectivity index (χ1n) is 6.84. The van der Waals surface area contributed by atoms with E-state index in [0.717, 1.165) is 0 Å². The Morgan fingerprint density at radius 1 is 1.27 bits per heavy atom. The van der Waals surface area contributed by atoms with Gasteiger partial charge in [0.2, 0.25) is 10.0 Å². The lowest BCUT2D eigenvalue weighted by Crippen LogP contribution is -2.38. The number of benzene rings is 1. The summed E-state index contributed by atoms with van der Waals surface area (Å²) in [4.78, 5) is 11.6. The second-order valence-corrected chi connectivity index (χ2v) is 7.59. The molecule has 0 saturated heterocycles. The second kappa shape index (κ2) is 6.97. The van der Waals surface area contributed by atoms with Crippen LogP contribution in [0.15, 0.2) is 23.1 Å². The highest BCUT2D eigenvalue weighted by atomic mass is 32.2. The molecule has 8 heteroatoms. The fourth-order valence-electron chi connectivity index (χ4n) is 1.65. The average molecular weight is 329 g/mol. The Balaban J connectivity index is 2.54. The smallest absolute Gasteiger partial charge is 0.407 e. The summed E-state index contributed by atoms with van der Waals surface area (Å²) in [6.45, 7) is 7.10. The van der Waals surface area contributed by atoms with E-state index in [-0.39, 0.29) is 18.0 Å². The number of sulfonamides is 1. The van der Waals surface area contributed by atoms with Gasteiger partial charge in [0, 0.05) is 18.8 Å². The molecule has 1 rings (SSSR count). The van der Waals surface area contributed by atoms with Crippen LogP contribution in [-0.4, -0.2) is 33.2 Å². The van der Waals surface area contributed by atoms with E-state index in [1.165, 1.54) is 6.07 Å². The Kier molecular flexibility index (Phi) is 5.78. The van der Waals surface area contributed by atoms with Crippen LogP contribution in [0.25, 0.3) is 0 Å². The molecule has 1 aromatic carbocycles. The third-order valence-corrected chi connectivity index (χ3v) is 4.19. The number of nitrogens with two attached hydrogens (primary N) is 1. The van der Waals surface area contributed by atoms with Crippen molar-refractivity contribution >= 4 is 21.8 Å². The minimum absolute atomic E-state index is 0.0514. The highest BCUT2D eigenvalue weighted by molar-refractivity contribution is 7.89. The van der Waals surface area contributed by atoms with Gasteiger partial charge in [0.25, 0.3) is 0 Å². The van der Waals surface area contributed by atoms with Crippen molar-refractivity contribution in [2.75, 3.05) is 18.8 Å². The van der Waals surface area contributed by atoms with Crippen molar-refractivity contribution in [3.63, 3.8) is 0 Å². The lowest BCUT2D eigenvalue weighted by atomic mass is 10.2. The topological polar surface area (TPSA) is 111 Å². The first-order valence-corrected chi connectivity index (χ1v) is 8.32. The monoisotopic (exact) mass is 329 g/mol. The Bertz CT molecular complexity index is 636. The largest absolute Gasteiger partial charge is 0.444 e. The maximum absolute atomic E-state index is 12.2. The van der Waals surface area contributed by atoms with Crippen LogP contribution in [0.1, 0.15) is 26.3 Å². The molecule has 0 aliphatic rings. The molecule has 1 aromatic rings. The number of amides is 1. The van der Waals surface area contributed by atoms with Crippen LogP contribution < -0.4 is 15.8 Å². The minimum Gasteiger partial charge on any atom is -0.444 e. The van der Waals surface area contributed by atoms with Crippen molar-refractivity contribution in [2.24, 2.45) is 0 Å². The number of rotatable bonds is 5. The molecule has 0 saturated carbocycles. The van der Waals surface area contributed by atoms with Crippen molar-refractivity contribution in [2.45, 2.75) is 38.2 Å². The number of carbonyl (C=O) groups excluding carboxylic acids is 1. The van der Waals surface area contributed by atoms with Crippen molar-refractivity contribution in [1.29, 1.82) is 0 Å². The molecule has 0 atom stereocenters. The molecule has 0 heterocycles. The van der Waals surface area contributed by atoms with Crippen LogP contribution in [0.2, 0.25) is 0 Å². The molecule has 0 aliphatic heterocycles. The van der Waals surface area contributed by atoms with Crippen LogP contribution in [0.4, 0.5) is 10.5 Å². The normalized spacial score (nSPS) is 12.0. The van der Waals surface area contributed by atoms with E-state index in [4.69, 9.17) is 10.5 Å². The van der Waals surface area contributed by atoms with Gasteiger partial charge in [-0.3, -0.25) is 0 Å². The molecule has 0 radical (unpaired) electrons. The van der Waals surface area contributed by atoms with Crippen LogP contribution in [-0.2, 0) is 14.8 Å². The summed E-state index contributed by atoms with van der Waals surface area (Å²) in [7, 11) is -3.67. The summed E-state index contributed by atoms with van der Waals surface area (Å²) in [6.07, 6.45) is -0.591. The van der Waals surface area contributed by atoms with E-state index in [1.807, 2.05) is 0 Å². The van der Waals surface area contributed by atoms with Crippen LogP contribution in [0.3, 0.4) is 0 Å². The standard InChI is InChI=1S/C14H23N3O4S/c1-10-5-6-11(15)9-12(10)22(19,20)17-8-7-16-13(18)21-14(2,3)4/h5-6,9,17H,7-8,15H2,1-4H3,(H,16,18). The zero-order chi connectivity index (χ0) is 17.0. The van der Waals surface area contributed by atoms with E-state index < -0.39 is 21.7 Å². The number of hydrogen-bond acceptors (Lipinski definition) is 5. The SMILES string of the molecule is Cc1ccc(N)cc1S(=O)(=O)NCCNC(=O)OC(C)(C)C. The molecule has 22 heavy (non-hydrogen) atoms. The first kappa shape index (κ1) is 18.2. The van der Waals surface area contributed by atoms with Gasteiger partial charge < -0.3 is 15.8 Å². The maximum atomic E-state index is 12.2. The van der Waals surface area contributed by atoms with Gasteiger partial charge in [0.1, 0.15) is 5.60 Å². The summed E-state index contributed by atoms with van der Waals surface area (Å²) in [5, 5.41) is 2.48. The summed E-state index contributed by atoms with van der Waals surface area (Å²) in [6, 6.07) is 4.68. The van der Waals surface area contributed by atoms with Gasteiger partial charge in [-0.05, 0) is 45.4 Å². The number of anilines is 1. The number of nitrogens with one attached hydrogen (secondary N) is 2. The van der Waals surface area contributed by atoms with Crippen LogP contribution in [0.5, 0.6) is 0 Å². The van der Waals surface area contributed by atoms with E-state index >= 15 is 0 Å². The number of hydrogen-bond donors (Lipinski definition) is 3. The van der Waals surface area contributed by atoms with Gasteiger partial charge in [0.05, 0.1) is 4.90 Å². The predicted molar refractivity (Wildman–Crippen MR) is 85.0 cm³/mol. The molecular weight excluding hydrogens is 306 g/mol. The summed E-state index contributed by atoms with van der Waals surface area (Å²) in [5.41, 5.74) is 5.99. The van der Waals surface area contributed by atoms with Gasteiger partial charge in [0.15, 0.2) is 0 Å². The fraction of sp³-hybridized carbons (Fsp3) is 0.500. The Morgan fingerprint density at radius 3 is 2.50 bits per heavy atom. The molecule has 0 fully saturated rings. The quantitative estimate of drug-likeness (QED) is 0.558. The number of carbonyl (C=O) groups is 1. The summed E-state index contributed by atoms with van der Waals surface area (Å²) >= 11 is 0. The van der Waals surface area contributed by atoms with Gasteiger partial charge in [-0.15, -0.1) is 0 Å². The molecule has 7 nitrogen and oxygen atoms in total. The van der Waals surface area contributed by atoms with Crippen molar-refractivity contribution in [1.82, 2.24) is 10.0 Å². The zero-order valence-corrected chi connectivity index (χ0v) is 14.1. The molecule has 4 N–H and O–H groups in total. The Hall–Kier alpha value is -1.80. The summed E-state index contributed by atoms with van der Waals surface area (Å²) < 4.78 is 31.8. The third-order valence-electron chi connectivity index (χ3n) is 2.59. The maximum Gasteiger partial charge on any atom is 0.407 e. The number of alkyl carbamates (subject to hydrolysis) is 1. The average Bonchev–Trinajstić information content (AvgIpc) is 2.35. The predicted octanol–water partition coefficient (Wildman–Crippen LogP) is 1.38. The third kappa shape index (κ3) is 5.90. The lowest BCUT2D eigenvalue weighted by molar-refractivity contribution is 0.0529. The molecule has 1 amide bonds. The van der Waals surface area contributed by atoms with Crippen LogP contribution in [0, 0.1) is 6.92 Å². The lowest BCUT2D eigenvalue weighted by Gasteiger charge is -2.19. The van der Waals surface area contributed by atoms with Crippen molar-refractivity contribution in [3.05, 3.63) is 23.8 Å². The molecule has 0 bridgehead atoms. The Labute approximate surface area is 131 Å². The molecule has 0 unspecified atom stereocenters. The van der Waals surface area contributed by atoms with E-state index in [1.54, 1.807) is 39.8 Å². The van der Waals surface area contributed by atoms with E-state index in [9.17, 15) is 13.2 Å². The molecule has 0 spiro atoms. The van der Waals surface area contributed by atoms with Gasteiger partial charge in [-0.2, -0.15) is 0 Å². The van der Waals surface area contributed by atoms with E-state index in [2.05, 4.69) is 10.0 Å². The van der Waals surface area contributed by atoms with E-state index in [0.29, 0.717) is 11.3 Å². The molecular formula is C14H23N3O4S. The number of nitrogen functional groups attached to an aromatic ring is 1. The van der Waals surface area contributed by atoms with Gasteiger partial charge in [-0.1, -0.05) is 6.07 Å². The highest BCUT2D eigenvalue weighted by Crippen LogP contribution is 2.17. The molecule has 124 valence electrons. The number of aryl methyl sites for hydroxylation is 1. The molecule has 0 aromatic heterocycles. The Morgan fingerprint density at radius 2 is 1.91 bits per heavy atom. The van der Waals surface area contributed by atoms with Crippen molar-refractivity contribution < 1.29 is 17.9 Å². The highest BCUT2D eigenvalue weighted by Gasteiger charge is 2.18. The van der Waals surface area contributed by atoms with Crippen molar-refractivity contribution in [3.8, 4) is 0 Å². The number of ether oxygens (including phenoxy) is 1. The molecule has 0 aliphatic carbocycles. The van der Waals surface area contributed by atoms with Crippen LogP contribution >= 0.6 is 0 Å². The fourth-order valence-corrected chi connectivity index (χ4v) is 2.96.